The van der Waals surface area contributed by atoms with Gasteiger partial charge in [0.05, 0.1) is 18.6 Å². The van der Waals surface area contributed by atoms with Crippen LogP contribution in [0.3, 0.4) is 0 Å². The van der Waals surface area contributed by atoms with Crippen LogP contribution >= 0.6 is 11.6 Å². The molecular weight excluding hydrogens is 321 g/mol. The van der Waals surface area contributed by atoms with Crippen LogP contribution in [0, 0.1) is 5.82 Å². The average molecular weight is 336 g/mol. The lowest BCUT2D eigenvalue weighted by Crippen LogP contribution is -2.15. The minimum Gasteiger partial charge on any atom is -0.462 e. The molecule has 1 N–H and O–H groups in total. The Balaban J connectivity index is 2.05. The Bertz CT molecular complexity index is 734. The Hall–Kier alpha value is -2.40. The Morgan fingerprint density at radius 1 is 1.22 bits per heavy atom. The summed E-state index contributed by atoms with van der Waals surface area (Å²) in [5.41, 5.74) is 1.02. The maximum absolute atomic E-state index is 13.7. The summed E-state index contributed by atoms with van der Waals surface area (Å²) < 4.78 is 18.6. The summed E-state index contributed by atoms with van der Waals surface area (Å²) in [6, 6.07) is 10.5. The van der Waals surface area contributed by atoms with Crippen LogP contribution in [0.4, 0.5) is 10.1 Å². The van der Waals surface area contributed by atoms with Crippen molar-refractivity contribution in [1.82, 2.24) is 0 Å². The first-order valence-corrected chi connectivity index (χ1v) is 7.38. The summed E-state index contributed by atoms with van der Waals surface area (Å²) >= 11 is 5.67. The Kier molecular flexibility index (Phi) is 5.71. The van der Waals surface area contributed by atoms with E-state index in [0.717, 1.165) is 6.07 Å². The third-order valence-corrected chi connectivity index (χ3v) is 3.26. The van der Waals surface area contributed by atoms with Crippen molar-refractivity contribution in [2.75, 3.05) is 11.9 Å². The molecule has 6 heteroatoms. The van der Waals surface area contributed by atoms with E-state index in [4.69, 9.17) is 16.3 Å². The van der Waals surface area contributed by atoms with Crippen molar-refractivity contribution in [3.05, 3.63) is 64.4 Å². The first-order chi connectivity index (χ1) is 11.0. The number of hydrogen-bond acceptors (Lipinski definition) is 3. The predicted octanol–water partition coefficient (Wildman–Crippen LogP) is 3.84. The second-order valence-corrected chi connectivity index (χ2v) is 5.20. The van der Waals surface area contributed by atoms with E-state index < -0.39 is 17.7 Å². The molecule has 0 bridgehead atoms. The van der Waals surface area contributed by atoms with E-state index in [9.17, 15) is 14.0 Å². The van der Waals surface area contributed by atoms with E-state index in [0.29, 0.717) is 11.3 Å². The molecule has 0 radical (unpaired) electrons. The van der Waals surface area contributed by atoms with Gasteiger partial charge >= 0.3 is 5.97 Å². The Morgan fingerprint density at radius 2 is 2.00 bits per heavy atom. The molecular formula is C17H15ClFNO3. The number of carbonyl (C=O) groups excluding carboxylic acids is 2. The van der Waals surface area contributed by atoms with Crippen LogP contribution < -0.4 is 5.32 Å². The van der Waals surface area contributed by atoms with Crippen LogP contribution in [0.1, 0.15) is 22.8 Å². The molecule has 0 aromatic heterocycles. The highest BCUT2D eigenvalue weighted by Gasteiger charge is 2.11. The number of benzene rings is 2. The van der Waals surface area contributed by atoms with E-state index in [-0.39, 0.29) is 23.6 Å². The minimum absolute atomic E-state index is 0.132. The van der Waals surface area contributed by atoms with Crippen LogP contribution in [0.2, 0.25) is 5.02 Å². The zero-order valence-corrected chi connectivity index (χ0v) is 13.2. The number of esters is 1. The minimum atomic E-state index is -0.534. The monoisotopic (exact) mass is 335 g/mol. The zero-order chi connectivity index (χ0) is 16.8. The molecule has 120 valence electrons. The molecule has 0 saturated heterocycles. The first kappa shape index (κ1) is 17.0. The molecule has 0 unspecified atom stereocenters. The molecule has 0 heterocycles. The largest absolute Gasteiger partial charge is 0.462 e. The van der Waals surface area contributed by atoms with E-state index in [1.54, 1.807) is 25.1 Å². The van der Waals surface area contributed by atoms with Gasteiger partial charge in [0.2, 0.25) is 5.91 Å². The number of amides is 1. The highest BCUT2D eigenvalue weighted by Crippen LogP contribution is 2.16. The van der Waals surface area contributed by atoms with Gasteiger partial charge in [0.25, 0.3) is 0 Å². The van der Waals surface area contributed by atoms with Crippen molar-refractivity contribution in [2.24, 2.45) is 0 Å². The van der Waals surface area contributed by atoms with E-state index in [1.807, 2.05) is 0 Å². The maximum atomic E-state index is 13.7. The number of rotatable bonds is 5. The first-order valence-electron chi connectivity index (χ1n) is 7.00. The number of carbonyl (C=O) groups is 2. The van der Waals surface area contributed by atoms with Crippen LogP contribution in [-0.4, -0.2) is 18.5 Å². The van der Waals surface area contributed by atoms with Gasteiger partial charge in [-0.25, -0.2) is 9.18 Å². The summed E-state index contributed by atoms with van der Waals surface area (Å²) in [5, 5.41) is 2.90. The van der Waals surface area contributed by atoms with Gasteiger partial charge in [-0.1, -0.05) is 23.7 Å². The second kappa shape index (κ2) is 7.74. The molecule has 0 saturated carbocycles. The summed E-state index contributed by atoms with van der Waals surface area (Å²) in [4.78, 5) is 23.7. The fourth-order valence-electron chi connectivity index (χ4n) is 1.98. The molecule has 2 aromatic carbocycles. The molecule has 0 aliphatic rings. The molecule has 0 spiro atoms. The average Bonchev–Trinajstić information content (AvgIpc) is 2.50. The normalized spacial score (nSPS) is 10.2. The SMILES string of the molecule is CCOC(=O)c1cccc(NC(=O)Cc2ccc(Cl)cc2F)c1. The van der Waals surface area contributed by atoms with Gasteiger partial charge in [0, 0.05) is 10.7 Å². The lowest BCUT2D eigenvalue weighted by Gasteiger charge is -2.08. The highest BCUT2D eigenvalue weighted by molar-refractivity contribution is 6.30. The summed E-state index contributed by atoms with van der Waals surface area (Å²) in [5.74, 6) is -1.40. The number of nitrogens with one attached hydrogen (secondary N) is 1. The molecule has 23 heavy (non-hydrogen) atoms. The molecule has 2 rings (SSSR count). The van der Waals surface area contributed by atoms with Gasteiger partial charge in [-0.3, -0.25) is 4.79 Å². The van der Waals surface area contributed by atoms with Crippen molar-refractivity contribution in [3.8, 4) is 0 Å². The molecule has 0 aliphatic carbocycles. The Labute approximate surface area is 138 Å². The third kappa shape index (κ3) is 4.79. The van der Waals surface area contributed by atoms with Crippen molar-refractivity contribution < 1.29 is 18.7 Å². The number of anilines is 1. The summed E-state index contributed by atoms with van der Waals surface area (Å²) in [6.07, 6.45) is -0.132. The standard InChI is InChI=1S/C17H15ClFNO3/c1-2-23-17(22)12-4-3-5-14(8-12)20-16(21)9-11-6-7-13(18)10-15(11)19/h3-8,10H,2,9H2,1H3,(H,20,21). The molecule has 4 nitrogen and oxygen atoms in total. The quantitative estimate of drug-likeness (QED) is 0.845. The van der Waals surface area contributed by atoms with Crippen molar-refractivity contribution >= 4 is 29.2 Å². The second-order valence-electron chi connectivity index (χ2n) is 4.76. The fraction of sp³-hybridized carbons (Fsp3) is 0.176. The van der Waals surface area contributed by atoms with Gasteiger partial charge < -0.3 is 10.1 Å². The van der Waals surface area contributed by atoms with Gasteiger partial charge in [0.1, 0.15) is 5.82 Å². The van der Waals surface area contributed by atoms with Crippen molar-refractivity contribution in [1.29, 1.82) is 0 Å². The topological polar surface area (TPSA) is 55.4 Å². The van der Waals surface area contributed by atoms with Crippen LogP contribution in [0.5, 0.6) is 0 Å². The summed E-state index contributed by atoms with van der Waals surface area (Å²) in [6.45, 7) is 1.98. The van der Waals surface area contributed by atoms with Crippen molar-refractivity contribution in [2.45, 2.75) is 13.3 Å². The van der Waals surface area contributed by atoms with E-state index in [2.05, 4.69) is 5.32 Å². The van der Waals surface area contributed by atoms with Gasteiger partial charge in [-0.2, -0.15) is 0 Å². The Morgan fingerprint density at radius 3 is 2.70 bits per heavy atom. The molecule has 1 amide bonds. The van der Waals surface area contributed by atoms with E-state index >= 15 is 0 Å². The van der Waals surface area contributed by atoms with Gasteiger partial charge in [-0.05, 0) is 42.8 Å². The molecule has 2 aromatic rings. The summed E-state index contributed by atoms with van der Waals surface area (Å²) in [7, 11) is 0. The maximum Gasteiger partial charge on any atom is 0.338 e. The van der Waals surface area contributed by atoms with E-state index in [1.165, 1.54) is 18.2 Å². The number of ether oxygens (including phenoxy) is 1. The zero-order valence-electron chi connectivity index (χ0n) is 12.4. The van der Waals surface area contributed by atoms with Crippen LogP contribution in [0.25, 0.3) is 0 Å². The van der Waals surface area contributed by atoms with Gasteiger partial charge in [-0.15, -0.1) is 0 Å². The lowest BCUT2D eigenvalue weighted by molar-refractivity contribution is -0.115. The van der Waals surface area contributed by atoms with Gasteiger partial charge in [0.15, 0.2) is 0 Å². The smallest absolute Gasteiger partial charge is 0.338 e. The van der Waals surface area contributed by atoms with Crippen molar-refractivity contribution in [3.63, 3.8) is 0 Å². The van der Waals surface area contributed by atoms with Crippen LogP contribution in [-0.2, 0) is 16.0 Å². The fourth-order valence-corrected chi connectivity index (χ4v) is 2.14. The molecule has 0 aliphatic heterocycles. The molecule has 0 atom stereocenters. The lowest BCUT2D eigenvalue weighted by atomic mass is 10.1. The number of hydrogen-bond donors (Lipinski definition) is 1. The number of halogens is 2. The highest BCUT2D eigenvalue weighted by atomic mass is 35.5. The predicted molar refractivity (Wildman–Crippen MR) is 86.1 cm³/mol. The molecule has 0 fully saturated rings. The third-order valence-electron chi connectivity index (χ3n) is 3.02. The van der Waals surface area contributed by atoms with Crippen LogP contribution in [0.15, 0.2) is 42.5 Å².